The minimum Gasteiger partial charge on any atom is -0.351 e. The van der Waals surface area contributed by atoms with Crippen LogP contribution in [0.4, 0.5) is 4.39 Å². The molecule has 0 fully saturated rings. The van der Waals surface area contributed by atoms with Crippen LogP contribution < -0.4 is 11.1 Å². The number of halogens is 3. The summed E-state index contributed by atoms with van der Waals surface area (Å²) < 4.78 is 12.8. The number of hydrogen-bond acceptors (Lipinski definition) is 2. The third-order valence-corrected chi connectivity index (χ3v) is 2.15. The van der Waals surface area contributed by atoms with Crippen LogP contribution in [0, 0.1) is 5.82 Å². The van der Waals surface area contributed by atoms with Crippen LogP contribution in [0.25, 0.3) is 0 Å². The van der Waals surface area contributed by atoms with E-state index in [1.807, 2.05) is 0 Å². The van der Waals surface area contributed by atoms with Crippen molar-refractivity contribution in [3.8, 4) is 0 Å². The first kappa shape index (κ1) is 15.2. The minimum atomic E-state index is -0.555. The van der Waals surface area contributed by atoms with Gasteiger partial charge in [0.1, 0.15) is 5.82 Å². The van der Waals surface area contributed by atoms with Crippen molar-refractivity contribution in [2.45, 2.75) is 19.5 Å². The summed E-state index contributed by atoms with van der Waals surface area (Å²) in [5, 5.41) is 2.64. The molecular formula is C10H13Cl2FN2O. The molecule has 0 aliphatic rings. The van der Waals surface area contributed by atoms with Gasteiger partial charge in [0.15, 0.2) is 0 Å². The van der Waals surface area contributed by atoms with Crippen molar-refractivity contribution < 1.29 is 9.18 Å². The summed E-state index contributed by atoms with van der Waals surface area (Å²) in [7, 11) is 0. The molecule has 1 atom stereocenters. The second-order valence-electron chi connectivity index (χ2n) is 3.25. The van der Waals surface area contributed by atoms with Gasteiger partial charge in [0, 0.05) is 6.54 Å². The van der Waals surface area contributed by atoms with Crippen LogP contribution in [-0.4, -0.2) is 11.9 Å². The van der Waals surface area contributed by atoms with Gasteiger partial charge < -0.3 is 11.1 Å². The Morgan fingerprint density at radius 1 is 1.62 bits per heavy atom. The van der Waals surface area contributed by atoms with Crippen molar-refractivity contribution in [3.05, 3.63) is 34.6 Å². The van der Waals surface area contributed by atoms with E-state index in [2.05, 4.69) is 5.32 Å². The first-order valence-corrected chi connectivity index (χ1v) is 4.85. The summed E-state index contributed by atoms with van der Waals surface area (Å²) >= 11 is 5.58. The largest absolute Gasteiger partial charge is 0.351 e. The van der Waals surface area contributed by atoms with E-state index >= 15 is 0 Å². The molecule has 6 heteroatoms. The van der Waals surface area contributed by atoms with Crippen LogP contribution in [0.1, 0.15) is 12.5 Å². The first-order chi connectivity index (χ1) is 7.00. The first-order valence-electron chi connectivity index (χ1n) is 4.48. The standard InChI is InChI=1S/C10H12ClFN2O.ClH/c1-6(13)10(15)14-5-7-2-3-9(12)8(11)4-7;/h2-4,6H,5,13H2,1H3,(H,14,15);1H/t6-;/m0./s1. The van der Waals surface area contributed by atoms with E-state index in [4.69, 9.17) is 17.3 Å². The number of carbonyl (C=O) groups excluding carboxylic acids is 1. The third kappa shape index (κ3) is 4.35. The third-order valence-electron chi connectivity index (χ3n) is 1.86. The summed E-state index contributed by atoms with van der Waals surface area (Å²) in [6.45, 7) is 1.88. The Bertz CT molecular complexity index is 372. The molecule has 0 aliphatic carbocycles. The highest BCUT2D eigenvalue weighted by atomic mass is 35.5. The minimum absolute atomic E-state index is 0. The van der Waals surface area contributed by atoms with Crippen LogP contribution >= 0.6 is 24.0 Å². The zero-order valence-corrected chi connectivity index (χ0v) is 10.2. The zero-order valence-electron chi connectivity index (χ0n) is 8.67. The second kappa shape index (κ2) is 6.68. The highest BCUT2D eigenvalue weighted by Gasteiger charge is 2.07. The van der Waals surface area contributed by atoms with E-state index in [0.717, 1.165) is 5.56 Å². The molecule has 1 aromatic carbocycles. The molecule has 0 heterocycles. The topological polar surface area (TPSA) is 55.1 Å². The highest BCUT2D eigenvalue weighted by molar-refractivity contribution is 6.30. The van der Waals surface area contributed by atoms with E-state index in [1.54, 1.807) is 13.0 Å². The molecule has 0 spiro atoms. The maximum atomic E-state index is 12.8. The number of nitrogens with two attached hydrogens (primary N) is 1. The number of amides is 1. The van der Waals surface area contributed by atoms with Crippen molar-refractivity contribution in [2.75, 3.05) is 0 Å². The quantitative estimate of drug-likeness (QED) is 0.878. The number of rotatable bonds is 3. The Kier molecular flexibility index (Phi) is 6.33. The van der Waals surface area contributed by atoms with E-state index in [9.17, 15) is 9.18 Å². The van der Waals surface area contributed by atoms with Gasteiger partial charge in [0.2, 0.25) is 5.91 Å². The molecule has 0 aromatic heterocycles. The highest BCUT2D eigenvalue weighted by Crippen LogP contribution is 2.15. The fourth-order valence-electron chi connectivity index (χ4n) is 1.000. The Morgan fingerprint density at radius 2 is 2.25 bits per heavy atom. The lowest BCUT2D eigenvalue weighted by Gasteiger charge is -2.07. The number of nitrogens with one attached hydrogen (secondary N) is 1. The van der Waals surface area contributed by atoms with Gasteiger partial charge >= 0.3 is 0 Å². The Hall–Kier alpha value is -0.840. The van der Waals surface area contributed by atoms with Gasteiger partial charge in [-0.1, -0.05) is 17.7 Å². The average molecular weight is 267 g/mol. The lowest BCUT2D eigenvalue weighted by molar-refractivity contribution is -0.122. The predicted molar refractivity (Wildman–Crippen MR) is 64.2 cm³/mol. The summed E-state index contributed by atoms with van der Waals surface area (Å²) in [4.78, 5) is 11.1. The molecule has 3 N–H and O–H groups in total. The molecule has 16 heavy (non-hydrogen) atoms. The van der Waals surface area contributed by atoms with E-state index < -0.39 is 11.9 Å². The average Bonchev–Trinajstić information content (AvgIpc) is 2.19. The fourth-order valence-corrected chi connectivity index (χ4v) is 1.20. The van der Waals surface area contributed by atoms with Crippen LogP contribution in [0.5, 0.6) is 0 Å². The van der Waals surface area contributed by atoms with Crippen molar-refractivity contribution in [1.29, 1.82) is 0 Å². The van der Waals surface area contributed by atoms with Crippen molar-refractivity contribution >= 4 is 29.9 Å². The van der Waals surface area contributed by atoms with Crippen molar-refractivity contribution in [2.24, 2.45) is 5.73 Å². The van der Waals surface area contributed by atoms with Gasteiger partial charge in [-0.2, -0.15) is 0 Å². The zero-order chi connectivity index (χ0) is 11.4. The molecule has 1 amide bonds. The van der Waals surface area contributed by atoms with Gasteiger partial charge in [0.25, 0.3) is 0 Å². The van der Waals surface area contributed by atoms with E-state index in [1.165, 1.54) is 12.1 Å². The molecule has 0 saturated heterocycles. The molecule has 0 aliphatic heterocycles. The monoisotopic (exact) mass is 266 g/mol. The molecule has 0 unspecified atom stereocenters. The van der Waals surface area contributed by atoms with Gasteiger partial charge in [0.05, 0.1) is 11.1 Å². The SMILES string of the molecule is C[C@H](N)C(=O)NCc1ccc(F)c(Cl)c1.Cl. The normalized spacial score (nSPS) is 11.5. The van der Waals surface area contributed by atoms with Gasteiger partial charge in [-0.3, -0.25) is 4.79 Å². The van der Waals surface area contributed by atoms with Gasteiger partial charge in [-0.05, 0) is 24.6 Å². The Morgan fingerprint density at radius 3 is 2.75 bits per heavy atom. The van der Waals surface area contributed by atoms with Crippen LogP contribution in [-0.2, 0) is 11.3 Å². The molecule has 3 nitrogen and oxygen atoms in total. The number of carbonyl (C=O) groups is 1. The molecule has 0 radical (unpaired) electrons. The predicted octanol–water partition coefficient (Wildman–Crippen LogP) is 1.86. The second-order valence-corrected chi connectivity index (χ2v) is 3.66. The molecular weight excluding hydrogens is 254 g/mol. The van der Waals surface area contributed by atoms with Gasteiger partial charge in [-0.25, -0.2) is 4.39 Å². The van der Waals surface area contributed by atoms with E-state index in [-0.39, 0.29) is 23.3 Å². The number of benzene rings is 1. The Balaban J connectivity index is 0.00000225. The molecule has 1 aromatic rings. The smallest absolute Gasteiger partial charge is 0.236 e. The molecule has 0 bridgehead atoms. The van der Waals surface area contributed by atoms with Crippen LogP contribution in [0.3, 0.4) is 0 Å². The van der Waals surface area contributed by atoms with Crippen molar-refractivity contribution in [3.63, 3.8) is 0 Å². The summed E-state index contributed by atoms with van der Waals surface area (Å²) in [6.07, 6.45) is 0. The molecule has 1 rings (SSSR count). The lowest BCUT2D eigenvalue weighted by Crippen LogP contribution is -2.37. The maximum Gasteiger partial charge on any atom is 0.236 e. The van der Waals surface area contributed by atoms with Crippen LogP contribution in [0.15, 0.2) is 18.2 Å². The fraction of sp³-hybridized carbons (Fsp3) is 0.300. The lowest BCUT2D eigenvalue weighted by atomic mass is 10.2. The summed E-state index contributed by atoms with van der Waals surface area (Å²) in [6, 6.07) is 3.73. The van der Waals surface area contributed by atoms with Crippen LogP contribution in [0.2, 0.25) is 5.02 Å². The van der Waals surface area contributed by atoms with E-state index in [0.29, 0.717) is 6.54 Å². The summed E-state index contributed by atoms with van der Waals surface area (Å²) in [5.41, 5.74) is 6.09. The summed E-state index contributed by atoms with van der Waals surface area (Å²) in [5.74, 6) is -0.727. The molecule has 90 valence electrons. The molecule has 0 saturated carbocycles. The maximum absolute atomic E-state index is 12.8. The van der Waals surface area contributed by atoms with Crippen molar-refractivity contribution in [1.82, 2.24) is 5.32 Å². The number of hydrogen-bond donors (Lipinski definition) is 2. The Labute approximate surface area is 105 Å². The van der Waals surface area contributed by atoms with Gasteiger partial charge in [-0.15, -0.1) is 12.4 Å².